The summed E-state index contributed by atoms with van der Waals surface area (Å²) in [5.74, 6) is 0.0478. The molecule has 1 fully saturated rings. The summed E-state index contributed by atoms with van der Waals surface area (Å²) in [5.41, 5.74) is 8.37. The van der Waals surface area contributed by atoms with Crippen LogP contribution >= 0.6 is 0 Å². The zero-order valence-corrected chi connectivity index (χ0v) is 21.2. The Morgan fingerprint density at radius 1 is 1.32 bits per heavy atom. The Bertz CT molecular complexity index is 1360. The van der Waals surface area contributed by atoms with E-state index in [0.717, 1.165) is 5.56 Å². The van der Waals surface area contributed by atoms with Crippen molar-refractivity contribution < 1.29 is 27.8 Å². The topological polar surface area (TPSA) is 124 Å². The van der Waals surface area contributed by atoms with E-state index in [1.54, 1.807) is 25.4 Å². The highest BCUT2D eigenvalue weighted by Crippen LogP contribution is 2.39. The smallest absolute Gasteiger partial charge is 0.413 e. The van der Waals surface area contributed by atoms with Crippen LogP contribution in [-0.2, 0) is 9.47 Å². The van der Waals surface area contributed by atoms with Gasteiger partial charge in [-0.3, -0.25) is 10.2 Å². The lowest BCUT2D eigenvalue weighted by Crippen LogP contribution is -2.47. The number of pyridine rings is 2. The van der Waals surface area contributed by atoms with Gasteiger partial charge in [-0.1, -0.05) is 0 Å². The number of carbonyl (C=O) groups excluding carboxylic acids is 1. The molecule has 0 unspecified atom stereocenters. The number of halogens is 2. The van der Waals surface area contributed by atoms with Crippen LogP contribution in [0.1, 0.15) is 12.0 Å². The first-order chi connectivity index (χ1) is 18.4. The molecule has 0 spiro atoms. The van der Waals surface area contributed by atoms with Crippen molar-refractivity contribution in [2.75, 3.05) is 62.9 Å². The molecule has 5 rings (SSSR count). The molecule has 3 aromatic rings. The van der Waals surface area contributed by atoms with E-state index in [1.165, 1.54) is 6.20 Å². The summed E-state index contributed by atoms with van der Waals surface area (Å²) in [6.07, 6.45) is 0.322. The van der Waals surface area contributed by atoms with Gasteiger partial charge in [0.1, 0.15) is 30.4 Å². The van der Waals surface area contributed by atoms with Gasteiger partial charge in [-0.05, 0) is 30.0 Å². The number of nitrogen functional groups attached to an aromatic ring is 1. The molecule has 2 aliphatic rings. The number of rotatable bonds is 6. The van der Waals surface area contributed by atoms with E-state index in [1.807, 2.05) is 11.8 Å². The van der Waals surface area contributed by atoms with Crippen LogP contribution in [0.5, 0.6) is 5.88 Å². The Morgan fingerprint density at radius 2 is 2.16 bits per heavy atom. The van der Waals surface area contributed by atoms with Crippen LogP contribution in [0, 0.1) is 12.7 Å². The van der Waals surface area contributed by atoms with Crippen molar-refractivity contribution in [3.63, 3.8) is 0 Å². The van der Waals surface area contributed by atoms with Crippen molar-refractivity contribution >= 4 is 34.1 Å². The number of fused-ring (bicyclic) bond motifs is 2. The number of carbonyl (C=O) groups is 1. The molecule has 1 saturated heterocycles. The van der Waals surface area contributed by atoms with Crippen molar-refractivity contribution in [2.45, 2.75) is 25.6 Å². The lowest BCUT2D eigenvalue weighted by molar-refractivity contribution is -0.00814. The standard InChI is InChI=1S/C26H30F2N6O4/c1-14-17(11-32-25-24(14)30-4-7-37-25)16-9-15-10-21(31-12-18(15)23(29)22(16)28)33-26(35)38-20-3-5-34(6-8-36-2)13-19(20)27/h9-12,19-20,30H,3-8,13,29H2,1-2H3,(H,31,33,35)/t19-,20-/m0/s1. The van der Waals surface area contributed by atoms with Gasteiger partial charge in [-0.25, -0.2) is 23.5 Å². The number of amides is 1. The van der Waals surface area contributed by atoms with Crippen LogP contribution in [-0.4, -0.2) is 79.7 Å². The number of likely N-dealkylation sites (tertiary alicyclic amines) is 1. The van der Waals surface area contributed by atoms with E-state index in [9.17, 15) is 9.18 Å². The first-order valence-electron chi connectivity index (χ1n) is 12.4. The van der Waals surface area contributed by atoms with E-state index in [-0.39, 0.29) is 23.6 Å². The van der Waals surface area contributed by atoms with Crippen LogP contribution in [0.3, 0.4) is 0 Å². The molecule has 12 heteroatoms. The van der Waals surface area contributed by atoms with Crippen molar-refractivity contribution in [3.05, 3.63) is 35.9 Å². The normalized spacial score (nSPS) is 19.4. The average molecular weight is 529 g/mol. The number of hydrogen-bond acceptors (Lipinski definition) is 9. The van der Waals surface area contributed by atoms with Crippen molar-refractivity contribution in [3.8, 4) is 17.0 Å². The number of hydrogen-bond donors (Lipinski definition) is 3. The maximum atomic E-state index is 15.4. The quantitative estimate of drug-likeness (QED) is 0.411. The van der Waals surface area contributed by atoms with E-state index in [0.29, 0.717) is 67.2 Å². The van der Waals surface area contributed by atoms with Gasteiger partial charge in [0.25, 0.3) is 0 Å². The maximum Gasteiger partial charge on any atom is 0.413 e. The number of nitrogens with one attached hydrogen (secondary N) is 2. The Hall–Kier alpha value is -3.77. The molecule has 2 aromatic heterocycles. The monoisotopic (exact) mass is 528 g/mol. The number of alkyl halides is 1. The summed E-state index contributed by atoms with van der Waals surface area (Å²) >= 11 is 0. The zero-order chi connectivity index (χ0) is 26.8. The van der Waals surface area contributed by atoms with Crippen LogP contribution in [0.4, 0.5) is 30.8 Å². The number of anilines is 3. The molecule has 4 N–H and O–H groups in total. The molecule has 2 aliphatic heterocycles. The van der Waals surface area contributed by atoms with Gasteiger partial charge in [0, 0.05) is 68.6 Å². The largest absolute Gasteiger partial charge is 0.474 e. The van der Waals surface area contributed by atoms with Crippen LogP contribution < -0.4 is 21.1 Å². The predicted octanol–water partition coefficient (Wildman–Crippen LogP) is 3.74. The van der Waals surface area contributed by atoms with Gasteiger partial charge < -0.3 is 25.3 Å². The summed E-state index contributed by atoms with van der Waals surface area (Å²) in [7, 11) is 1.60. The first kappa shape index (κ1) is 25.9. The third kappa shape index (κ3) is 5.14. The molecular formula is C26H30F2N6O4. The fraction of sp³-hybridized carbons (Fsp3) is 0.423. The minimum atomic E-state index is -1.31. The Kier molecular flexibility index (Phi) is 7.43. The molecule has 38 heavy (non-hydrogen) atoms. The molecule has 202 valence electrons. The summed E-state index contributed by atoms with van der Waals surface area (Å²) in [4.78, 5) is 23.0. The molecule has 2 atom stereocenters. The molecule has 0 radical (unpaired) electrons. The maximum absolute atomic E-state index is 15.4. The highest BCUT2D eigenvalue weighted by Gasteiger charge is 2.32. The lowest BCUT2D eigenvalue weighted by atomic mass is 9.97. The van der Waals surface area contributed by atoms with Crippen LogP contribution in [0.25, 0.3) is 21.9 Å². The van der Waals surface area contributed by atoms with Crippen molar-refractivity contribution in [2.24, 2.45) is 0 Å². The first-order valence-corrected chi connectivity index (χ1v) is 12.4. The Labute approximate surface area is 218 Å². The molecular weight excluding hydrogens is 498 g/mol. The van der Waals surface area contributed by atoms with Crippen LogP contribution in [0.2, 0.25) is 0 Å². The highest BCUT2D eigenvalue weighted by molar-refractivity contribution is 5.99. The summed E-state index contributed by atoms with van der Waals surface area (Å²) in [6.45, 7) is 4.87. The van der Waals surface area contributed by atoms with E-state index >= 15 is 4.39 Å². The third-order valence-electron chi connectivity index (χ3n) is 6.90. The van der Waals surface area contributed by atoms with E-state index < -0.39 is 24.2 Å². The van der Waals surface area contributed by atoms with Gasteiger partial charge in [0.05, 0.1) is 12.3 Å². The van der Waals surface area contributed by atoms with Crippen molar-refractivity contribution in [1.82, 2.24) is 14.9 Å². The number of benzene rings is 1. The minimum absolute atomic E-state index is 0.0686. The van der Waals surface area contributed by atoms with Crippen molar-refractivity contribution in [1.29, 1.82) is 0 Å². The number of piperidine rings is 1. The predicted molar refractivity (Wildman–Crippen MR) is 140 cm³/mol. The summed E-state index contributed by atoms with van der Waals surface area (Å²) < 4.78 is 45.9. The molecule has 1 aromatic carbocycles. The van der Waals surface area contributed by atoms with Gasteiger partial charge >= 0.3 is 6.09 Å². The second-order valence-corrected chi connectivity index (χ2v) is 9.36. The Balaban J connectivity index is 1.35. The number of nitrogens with two attached hydrogens (primary N) is 1. The number of methoxy groups -OCH3 is 1. The molecule has 0 bridgehead atoms. The highest BCUT2D eigenvalue weighted by atomic mass is 19.1. The summed E-state index contributed by atoms with van der Waals surface area (Å²) in [5, 5.41) is 6.74. The van der Waals surface area contributed by atoms with Crippen LogP contribution in [0.15, 0.2) is 24.5 Å². The zero-order valence-electron chi connectivity index (χ0n) is 21.2. The molecule has 4 heterocycles. The summed E-state index contributed by atoms with van der Waals surface area (Å²) in [6, 6.07) is 3.20. The Morgan fingerprint density at radius 3 is 2.95 bits per heavy atom. The average Bonchev–Trinajstić information content (AvgIpc) is 2.91. The minimum Gasteiger partial charge on any atom is -0.474 e. The molecule has 0 saturated carbocycles. The van der Waals surface area contributed by atoms with Gasteiger partial charge in [0.2, 0.25) is 5.88 Å². The van der Waals surface area contributed by atoms with Gasteiger partial charge in [-0.2, -0.15) is 0 Å². The fourth-order valence-electron chi connectivity index (χ4n) is 4.83. The van der Waals surface area contributed by atoms with E-state index in [4.69, 9.17) is 19.9 Å². The molecule has 0 aliphatic carbocycles. The third-order valence-corrected chi connectivity index (χ3v) is 6.90. The van der Waals surface area contributed by atoms with E-state index in [2.05, 4.69) is 20.6 Å². The number of aromatic nitrogens is 2. The fourth-order valence-corrected chi connectivity index (χ4v) is 4.83. The van der Waals surface area contributed by atoms with Gasteiger partial charge in [-0.15, -0.1) is 0 Å². The molecule has 1 amide bonds. The number of nitrogens with zero attached hydrogens (tertiary/aromatic N) is 3. The lowest BCUT2D eigenvalue weighted by Gasteiger charge is -2.33. The van der Waals surface area contributed by atoms with Gasteiger partial charge in [0.15, 0.2) is 5.82 Å². The SMILES string of the molecule is COCCN1CC[C@H](OC(=O)Nc2cc3cc(-c4cnc5c(c4C)NCCO5)c(F)c(N)c3cn2)[C@@H](F)C1. The number of ether oxygens (including phenoxy) is 3. The second-order valence-electron chi connectivity index (χ2n) is 9.36. The second kappa shape index (κ2) is 10.9. The molecule has 10 nitrogen and oxygen atoms in total.